The Kier molecular flexibility index (Phi) is 6.29. The van der Waals surface area contributed by atoms with Gasteiger partial charge in [0.1, 0.15) is 5.69 Å². The Morgan fingerprint density at radius 1 is 1.03 bits per heavy atom. The molecule has 3 rings (SSSR count). The fraction of sp³-hybridized carbons (Fsp3) is 0.318. The van der Waals surface area contributed by atoms with Crippen molar-refractivity contribution in [2.45, 2.75) is 24.5 Å². The Morgan fingerprint density at radius 2 is 1.65 bits per heavy atom. The normalized spacial score (nSPS) is 12.5. The predicted molar refractivity (Wildman–Crippen MR) is 115 cm³/mol. The minimum atomic E-state index is -4.62. The number of halogens is 3. The molecule has 1 aromatic heterocycles. The molecule has 0 aliphatic rings. The lowest BCUT2D eigenvalue weighted by atomic mass is 9.95. The van der Waals surface area contributed by atoms with Crippen LogP contribution < -0.4 is 0 Å². The first-order valence-electron chi connectivity index (χ1n) is 9.59. The molecular weight excluding hydrogens is 427 g/mol. The van der Waals surface area contributed by atoms with Crippen LogP contribution in [0, 0.1) is 6.92 Å². The first kappa shape index (κ1) is 23.0. The van der Waals surface area contributed by atoms with Gasteiger partial charge in [-0.3, -0.25) is 4.68 Å². The van der Waals surface area contributed by atoms with E-state index in [-0.39, 0.29) is 22.7 Å². The Balaban J connectivity index is 2.30. The third-order valence-corrected chi connectivity index (χ3v) is 6.08. The smallest absolute Gasteiger partial charge is 0.308 e. The van der Waals surface area contributed by atoms with E-state index in [1.807, 2.05) is 0 Å². The Morgan fingerprint density at radius 3 is 2.16 bits per heavy atom. The molecule has 1 heterocycles. The highest BCUT2D eigenvalue weighted by Gasteiger charge is 2.40. The summed E-state index contributed by atoms with van der Waals surface area (Å²) in [6, 6.07) is 12.6. The zero-order valence-corrected chi connectivity index (χ0v) is 18.5. The van der Waals surface area contributed by atoms with Gasteiger partial charge in [0.15, 0.2) is 15.5 Å². The van der Waals surface area contributed by atoms with E-state index in [1.165, 1.54) is 24.3 Å². The largest absolute Gasteiger partial charge is 0.433 e. The Hall–Kier alpha value is -2.65. The molecule has 5 nitrogen and oxygen atoms in total. The van der Waals surface area contributed by atoms with Crippen LogP contribution in [-0.4, -0.2) is 50.0 Å². The summed E-state index contributed by atoms with van der Waals surface area (Å²) in [5.74, 6) is 0. The summed E-state index contributed by atoms with van der Waals surface area (Å²) < 4.78 is 67.3. The summed E-state index contributed by atoms with van der Waals surface area (Å²) in [6.07, 6.45) is -3.54. The lowest BCUT2D eigenvalue weighted by Gasteiger charge is -2.15. The summed E-state index contributed by atoms with van der Waals surface area (Å²) >= 11 is 0. The van der Waals surface area contributed by atoms with Crippen LogP contribution in [0.5, 0.6) is 0 Å². The van der Waals surface area contributed by atoms with Crippen LogP contribution in [0.3, 0.4) is 0 Å². The number of aromatic nitrogens is 2. The first-order valence-corrected chi connectivity index (χ1v) is 11.5. The lowest BCUT2D eigenvalue weighted by molar-refractivity contribution is -0.143. The van der Waals surface area contributed by atoms with E-state index in [2.05, 4.69) is 5.10 Å². The molecule has 0 aliphatic heterocycles. The summed E-state index contributed by atoms with van der Waals surface area (Å²) in [5.41, 5.74) is 0.893. The lowest BCUT2D eigenvalue weighted by Crippen LogP contribution is -2.23. The quantitative estimate of drug-likeness (QED) is 0.553. The molecule has 0 amide bonds. The number of likely N-dealkylation sites (N-methyl/N-ethyl adjacent to an activating group) is 1. The molecule has 0 unspecified atom stereocenters. The molecule has 0 fully saturated rings. The van der Waals surface area contributed by atoms with Crippen molar-refractivity contribution in [2.75, 3.05) is 26.9 Å². The van der Waals surface area contributed by atoms with Gasteiger partial charge in [0.25, 0.3) is 0 Å². The number of benzene rings is 2. The van der Waals surface area contributed by atoms with Crippen molar-refractivity contribution in [3.05, 3.63) is 59.8 Å². The zero-order chi connectivity index (χ0) is 23.0. The molecule has 0 saturated heterocycles. The van der Waals surface area contributed by atoms with Gasteiger partial charge < -0.3 is 4.90 Å². The average Bonchev–Trinajstić information content (AvgIpc) is 3.06. The number of nitrogens with zero attached hydrogens (tertiary/aromatic N) is 3. The summed E-state index contributed by atoms with van der Waals surface area (Å²) in [6.45, 7) is 2.19. The maximum absolute atomic E-state index is 14.2. The second kappa shape index (κ2) is 8.47. The second-order valence-electron chi connectivity index (χ2n) is 7.71. The van der Waals surface area contributed by atoms with Crippen LogP contribution in [-0.2, 0) is 22.6 Å². The van der Waals surface area contributed by atoms with E-state index >= 15 is 0 Å². The number of hydrogen-bond acceptors (Lipinski definition) is 4. The highest BCUT2D eigenvalue weighted by atomic mass is 32.2. The van der Waals surface area contributed by atoms with Crippen LogP contribution in [0.1, 0.15) is 11.3 Å². The van der Waals surface area contributed by atoms with Crippen LogP contribution >= 0.6 is 0 Å². The molecule has 0 spiro atoms. The van der Waals surface area contributed by atoms with Gasteiger partial charge in [0.05, 0.1) is 11.4 Å². The molecule has 0 saturated carbocycles. The molecule has 0 atom stereocenters. The summed E-state index contributed by atoms with van der Waals surface area (Å²) in [4.78, 5) is 1.88. The van der Waals surface area contributed by atoms with Crippen molar-refractivity contribution in [1.82, 2.24) is 14.7 Å². The molecular formula is C22H24F3N3O2S. The minimum absolute atomic E-state index is 0.00328. The van der Waals surface area contributed by atoms with Gasteiger partial charge >= 0.3 is 6.18 Å². The molecule has 0 N–H and O–H groups in total. The maximum Gasteiger partial charge on any atom is 0.433 e. The zero-order valence-electron chi connectivity index (χ0n) is 17.7. The van der Waals surface area contributed by atoms with Gasteiger partial charge in [-0.25, -0.2) is 8.42 Å². The van der Waals surface area contributed by atoms with Crippen molar-refractivity contribution in [3.8, 4) is 22.4 Å². The molecule has 3 aromatic rings. The van der Waals surface area contributed by atoms with Crippen LogP contribution in [0.2, 0.25) is 0 Å². The standard InChI is InChI=1S/C22H24F3N3O2S/c1-15-7-5-6-8-18(15)19-20(16-9-11-17(12-10-16)31(4,29)30)26-28(14-13-27(2)3)21(19)22(23,24)25/h5-12H,13-14H2,1-4H3. The van der Waals surface area contributed by atoms with Crippen molar-refractivity contribution in [2.24, 2.45) is 0 Å². The molecule has 9 heteroatoms. The van der Waals surface area contributed by atoms with Crippen molar-refractivity contribution < 1.29 is 21.6 Å². The molecule has 31 heavy (non-hydrogen) atoms. The Labute approximate surface area is 180 Å². The first-order chi connectivity index (χ1) is 14.4. The average molecular weight is 452 g/mol. The minimum Gasteiger partial charge on any atom is -0.308 e. The number of hydrogen-bond donors (Lipinski definition) is 0. The van der Waals surface area contributed by atoms with Gasteiger partial charge in [0, 0.05) is 23.9 Å². The number of rotatable bonds is 6. The van der Waals surface area contributed by atoms with Crippen LogP contribution in [0.15, 0.2) is 53.4 Å². The fourth-order valence-electron chi connectivity index (χ4n) is 3.38. The van der Waals surface area contributed by atoms with Crippen LogP contribution in [0.4, 0.5) is 13.2 Å². The highest BCUT2D eigenvalue weighted by molar-refractivity contribution is 7.90. The molecule has 0 radical (unpaired) electrons. The van der Waals surface area contributed by atoms with Gasteiger partial charge in [-0.2, -0.15) is 18.3 Å². The van der Waals surface area contributed by atoms with Gasteiger partial charge in [-0.05, 0) is 44.3 Å². The predicted octanol–water partition coefficient (Wildman–Crippen LogP) is 4.51. The van der Waals surface area contributed by atoms with E-state index in [1.54, 1.807) is 50.2 Å². The van der Waals surface area contributed by atoms with E-state index < -0.39 is 21.7 Å². The number of alkyl halides is 3. The van der Waals surface area contributed by atoms with Crippen LogP contribution in [0.25, 0.3) is 22.4 Å². The molecule has 2 aromatic carbocycles. The second-order valence-corrected chi connectivity index (χ2v) is 9.72. The topological polar surface area (TPSA) is 55.2 Å². The third kappa shape index (κ3) is 4.99. The maximum atomic E-state index is 14.2. The summed E-state index contributed by atoms with van der Waals surface area (Å²) in [5, 5.41) is 4.35. The number of sulfone groups is 1. The van der Waals surface area contributed by atoms with Gasteiger partial charge in [0.2, 0.25) is 0 Å². The fourth-order valence-corrected chi connectivity index (χ4v) is 4.01. The van der Waals surface area contributed by atoms with E-state index in [0.29, 0.717) is 23.2 Å². The highest BCUT2D eigenvalue weighted by Crippen LogP contribution is 2.43. The van der Waals surface area contributed by atoms with Crippen molar-refractivity contribution >= 4 is 9.84 Å². The van der Waals surface area contributed by atoms with E-state index in [9.17, 15) is 21.6 Å². The van der Waals surface area contributed by atoms with Gasteiger partial charge in [-0.1, -0.05) is 36.4 Å². The van der Waals surface area contributed by atoms with Gasteiger partial charge in [-0.15, -0.1) is 0 Å². The molecule has 0 aliphatic carbocycles. The SMILES string of the molecule is Cc1ccccc1-c1c(-c2ccc(S(C)(=O)=O)cc2)nn(CCN(C)C)c1C(F)(F)F. The summed E-state index contributed by atoms with van der Waals surface area (Å²) in [7, 11) is 0.137. The van der Waals surface area contributed by atoms with E-state index in [4.69, 9.17) is 0 Å². The van der Waals surface area contributed by atoms with Crippen molar-refractivity contribution in [3.63, 3.8) is 0 Å². The molecule has 166 valence electrons. The third-order valence-electron chi connectivity index (χ3n) is 4.95. The molecule has 0 bridgehead atoms. The number of aryl methyl sites for hydroxylation is 1. The van der Waals surface area contributed by atoms with E-state index in [0.717, 1.165) is 10.9 Å². The van der Waals surface area contributed by atoms with Crippen molar-refractivity contribution in [1.29, 1.82) is 0 Å². The Bertz CT molecular complexity index is 1180. The monoisotopic (exact) mass is 451 g/mol.